The van der Waals surface area contributed by atoms with Crippen molar-refractivity contribution in [2.45, 2.75) is 51.7 Å². The second-order valence-corrected chi connectivity index (χ2v) is 6.90. The number of carbonyl (C=O) groups excluding carboxylic acids is 2. The standard InChI is InChI=1S/C18H26N2O3/c1-18(2,3)23-17(22)20-12-8-7-11-15(20)13-19-16(21)14-9-5-4-6-10-14/h4-6,9-10,15H,7-8,11-13H2,1-3H3,(H,19,21). The molecule has 0 aromatic heterocycles. The van der Waals surface area contributed by atoms with Crippen LogP contribution in [-0.2, 0) is 4.74 Å². The lowest BCUT2D eigenvalue weighted by Crippen LogP contribution is -2.50. The molecule has 0 aliphatic carbocycles. The Bertz CT molecular complexity index is 537. The topological polar surface area (TPSA) is 58.6 Å². The van der Waals surface area contributed by atoms with Crippen LogP contribution in [0.2, 0.25) is 0 Å². The van der Waals surface area contributed by atoms with Gasteiger partial charge in [-0.1, -0.05) is 18.2 Å². The van der Waals surface area contributed by atoms with Crippen molar-refractivity contribution in [2.24, 2.45) is 0 Å². The summed E-state index contributed by atoms with van der Waals surface area (Å²) in [4.78, 5) is 26.2. The van der Waals surface area contributed by atoms with Crippen molar-refractivity contribution >= 4 is 12.0 Å². The molecule has 1 fully saturated rings. The van der Waals surface area contributed by atoms with Crippen LogP contribution in [-0.4, -0.2) is 41.6 Å². The van der Waals surface area contributed by atoms with E-state index < -0.39 is 5.60 Å². The zero-order chi connectivity index (χ0) is 16.9. The summed E-state index contributed by atoms with van der Waals surface area (Å²) in [5.74, 6) is -0.111. The lowest BCUT2D eigenvalue weighted by atomic mass is 10.0. The molecule has 2 rings (SSSR count). The van der Waals surface area contributed by atoms with Gasteiger partial charge in [0.2, 0.25) is 0 Å². The van der Waals surface area contributed by atoms with Gasteiger partial charge >= 0.3 is 6.09 Å². The number of benzene rings is 1. The smallest absolute Gasteiger partial charge is 0.410 e. The number of nitrogens with one attached hydrogen (secondary N) is 1. The van der Waals surface area contributed by atoms with Gasteiger partial charge in [-0.3, -0.25) is 4.79 Å². The average Bonchev–Trinajstić information content (AvgIpc) is 2.52. The molecule has 5 nitrogen and oxygen atoms in total. The summed E-state index contributed by atoms with van der Waals surface area (Å²) >= 11 is 0. The zero-order valence-electron chi connectivity index (χ0n) is 14.2. The fraction of sp³-hybridized carbons (Fsp3) is 0.556. The molecule has 0 spiro atoms. The van der Waals surface area contributed by atoms with E-state index in [1.54, 1.807) is 17.0 Å². The molecule has 126 valence electrons. The van der Waals surface area contributed by atoms with Gasteiger partial charge < -0.3 is 15.0 Å². The van der Waals surface area contributed by atoms with E-state index in [9.17, 15) is 9.59 Å². The normalized spacial score (nSPS) is 18.4. The van der Waals surface area contributed by atoms with Gasteiger partial charge in [0.1, 0.15) is 5.60 Å². The van der Waals surface area contributed by atoms with Crippen LogP contribution in [0, 0.1) is 0 Å². The van der Waals surface area contributed by atoms with Crippen LogP contribution in [0.3, 0.4) is 0 Å². The van der Waals surface area contributed by atoms with Gasteiger partial charge in [-0.15, -0.1) is 0 Å². The Morgan fingerprint density at radius 2 is 1.91 bits per heavy atom. The van der Waals surface area contributed by atoms with Gasteiger partial charge in [0.05, 0.1) is 6.04 Å². The highest BCUT2D eigenvalue weighted by atomic mass is 16.6. The second-order valence-electron chi connectivity index (χ2n) is 6.90. The monoisotopic (exact) mass is 318 g/mol. The van der Waals surface area contributed by atoms with E-state index in [2.05, 4.69) is 5.32 Å². The minimum absolute atomic E-state index is 0.00809. The molecule has 1 saturated heterocycles. The number of nitrogens with zero attached hydrogens (tertiary/aromatic N) is 1. The van der Waals surface area contributed by atoms with E-state index >= 15 is 0 Å². The Balaban J connectivity index is 1.93. The SMILES string of the molecule is CC(C)(C)OC(=O)N1CCCCC1CNC(=O)c1ccccc1. The summed E-state index contributed by atoms with van der Waals surface area (Å²) < 4.78 is 5.47. The van der Waals surface area contributed by atoms with Crippen molar-refractivity contribution in [1.29, 1.82) is 0 Å². The molecular formula is C18H26N2O3. The van der Waals surface area contributed by atoms with Gasteiger partial charge in [-0.2, -0.15) is 0 Å². The maximum atomic E-state index is 12.3. The molecule has 1 aromatic carbocycles. The number of carbonyl (C=O) groups is 2. The summed E-state index contributed by atoms with van der Waals surface area (Å²) in [6.45, 7) is 6.72. The van der Waals surface area contributed by atoms with Crippen LogP contribution >= 0.6 is 0 Å². The molecule has 1 atom stereocenters. The van der Waals surface area contributed by atoms with E-state index in [4.69, 9.17) is 4.74 Å². The number of amides is 2. The Morgan fingerprint density at radius 3 is 2.57 bits per heavy atom. The molecule has 0 bridgehead atoms. The van der Waals surface area contributed by atoms with E-state index in [1.165, 1.54) is 0 Å². The molecular weight excluding hydrogens is 292 g/mol. The largest absolute Gasteiger partial charge is 0.444 e. The summed E-state index contributed by atoms with van der Waals surface area (Å²) in [6.07, 6.45) is 2.62. The highest BCUT2D eigenvalue weighted by Crippen LogP contribution is 2.20. The summed E-state index contributed by atoms with van der Waals surface area (Å²) in [7, 11) is 0. The first-order valence-electron chi connectivity index (χ1n) is 8.20. The second kappa shape index (κ2) is 7.49. The fourth-order valence-electron chi connectivity index (χ4n) is 2.68. The number of ether oxygens (including phenoxy) is 1. The van der Waals surface area contributed by atoms with Crippen LogP contribution in [0.15, 0.2) is 30.3 Å². The number of likely N-dealkylation sites (tertiary alicyclic amines) is 1. The summed E-state index contributed by atoms with van der Waals surface area (Å²) in [6, 6.07) is 9.10. The number of piperidine rings is 1. The third-order valence-corrected chi connectivity index (χ3v) is 3.79. The van der Waals surface area contributed by atoms with Gasteiger partial charge in [-0.05, 0) is 52.2 Å². The van der Waals surface area contributed by atoms with Crippen LogP contribution in [0.5, 0.6) is 0 Å². The molecule has 1 unspecified atom stereocenters. The van der Waals surface area contributed by atoms with Gasteiger partial charge in [0.15, 0.2) is 0 Å². The number of hydrogen-bond donors (Lipinski definition) is 1. The van der Waals surface area contributed by atoms with E-state index in [0.29, 0.717) is 18.7 Å². The Kier molecular flexibility index (Phi) is 5.64. The van der Waals surface area contributed by atoms with Crippen molar-refractivity contribution < 1.29 is 14.3 Å². The highest BCUT2D eigenvalue weighted by Gasteiger charge is 2.30. The third-order valence-electron chi connectivity index (χ3n) is 3.79. The molecule has 0 radical (unpaired) electrons. The molecule has 1 heterocycles. The van der Waals surface area contributed by atoms with Gasteiger partial charge in [0, 0.05) is 18.7 Å². The van der Waals surface area contributed by atoms with Gasteiger partial charge in [-0.25, -0.2) is 4.79 Å². The van der Waals surface area contributed by atoms with Crippen molar-refractivity contribution in [3.63, 3.8) is 0 Å². The Morgan fingerprint density at radius 1 is 1.22 bits per heavy atom. The molecule has 1 aliphatic rings. The lowest BCUT2D eigenvalue weighted by molar-refractivity contribution is 0.00986. The van der Waals surface area contributed by atoms with Crippen molar-refractivity contribution in [3.8, 4) is 0 Å². The Hall–Kier alpha value is -2.04. The van der Waals surface area contributed by atoms with Crippen molar-refractivity contribution in [2.75, 3.05) is 13.1 Å². The van der Waals surface area contributed by atoms with Crippen LogP contribution in [0.1, 0.15) is 50.4 Å². The fourth-order valence-corrected chi connectivity index (χ4v) is 2.68. The first-order chi connectivity index (χ1) is 10.9. The first-order valence-corrected chi connectivity index (χ1v) is 8.20. The number of rotatable bonds is 3. The predicted molar refractivity (Wildman–Crippen MR) is 89.4 cm³/mol. The minimum Gasteiger partial charge on any atom is -0.444 e. The van der Waals surface area contributed by atoms with E-state index in [-0.39, 0.29) is 18.0 Å². The first kappa shape index (κ1) is 17.3. The van der Waals surface area contributed by atoms with E-state index in [0.717, 1.165) is 19.3 Å². The van der Waals surface area contributed by atoms with Crippen LogP contribution < -0.4 is 5.32 Å². The van der Waals surface area contributed by atoms with Crippen LogP contribution in [0.4, 0.5) is 4.79 Å². The van der Waals surface area contributed by atoms with Crippen molar-refractivity contribution in [3.05, 3.63) is 35.9 Å². The molecule has 5 heteroatoms. The maximum absolute atomic E-state index is 12.3. The molecule has 1 aliphatic heterocycles. The average molecular weight is 318 g/mol. The molecule has 0 saturated carbocycles. The highest BCUT2D eigenvalue weighted by molar-refractivity contribution is 5.94. The van der Waals surface area contributed by atoms with Crippen molar-refractivity contribution in [1.82, 2.24) is 10.2 Å². The van der Waals surface area contributed by atoms with Crippen LogP contribution in [0.25, 0.3) is 0 Å². The predicted octanol–water partition coefficient (Wildman–Crippen LogP) is 3.21. The molecule has 2 amide bonds. The molecule has 1 aromatic rings. The zero-order valence-corrected chi connectivity index (χ0v) is 14.2. The lowest BCUT2D eigenvalue weighted by Gasteiger charge is -2.36. The molecule has 1 N–H and O–H groups in total. The maximum Gasteiger partial charge on any atom is 0.410 e. The summed E-state index contributed by atoms with van der Waals surface area (Å²) in [5, 5.41) is 2.93. The Labute approximate surface area is 138 Å². The molecule has 23 heavy (non-hydrogen) atoms. The number of hydrogen-bond acceptors (Lipinski definition) is 3. The van der Waals surface area contributed by atoms with E-state index in [1.807, 2.05) is 39.0 Å². The quantitative estimate of drug-likeness (QED) is 0.931. The van der Waals surface area contributed by atoms with Gasteiger partial charge in [0.25, 0.3) is 5.91 Å². The summed E-state index contributed by atoms with van der Waals surface area (Å²) in [5.41, 5.74) is 0.124. The third kappa shape index (κ3) is 5.27. The minimum atomic E-state index is -0.508.